The normalized spacial score (nSPS) is 16.8. The maximum atomic E-state index is 12.3. The van der Waals surface area contributed by atoms with Gasteiger partial charge in [0.2, 0.25) is 10.0 Å². The van der Waals surface area contributed by atoms with Crippen LogP contribution in [0.15, 0.2) is 23.1 Å². The summed E-state index contributed by atoms with van der Waals surface area (Å²) < 4.78 is 27.1. The molecule has 0 bridgehead atoms. The van der Waals surface area contributed by atoms with Crippen molar-refractivity contribution in [2.45, 2.75) is 37.0 Å². The first kappa shape index (κ1) is 16.3. The Labute approximate surface area is 129 Å². The Bertz CT molecular complexity index is 624. The third-order valence-corrected chi connectivity index (χ3v) is 5.66. The molecule has 1 aromatic carbocycles. The predicted molar refractivity (Wildman–Crippen MR) is 80.2 cm³/mol. The highest BCUT2D eigenvalue weighted by atomic mass is 35.5. The van der Waals surface area contributed by atoms with Crippen LogP contribution >= 0.6 is 11.6 Å². The molecule has 0 spiro atoms. The van der Waals surface area contributed by atoms with Gasteiger partial charge in [0.05, 0.1) is 10.6 Å². The van der Waals surface area contributed by atoms with Gasteiger partial charge in [0.1, 0.15) is 4.90 Å². The lowest BCUT2D eigenvalue weighted by Gasteiger charge is -2.21. The molecule has 1 saturated carbocycles. The molecule has 2 N–H and O–H groups in total. The van der Waals surface area contributed by atoms with Crippen LogP contribution in [0, 0.1) is 5.92 Å². The molecule has 1 aliphatic rings. The van der Waals surface area contributed by atoms with Gasteiger partial charge in [0, 0.05) is 6.54 Å². The van der Waals surface area contributed by atoms with Gasteiger partial charge in [-0.1, -0.05) is 30.9 Å². The monoisotopic (exact) mass is 331 g/mol. The fraction of sp³-hybridized carbons (Fsp3) is 0.500. The second kappa shape index (κ2) is 6.77. The van der Waals surface area contributed by atoms with E-state index >= 15 is 0 Å². The van der Waals surface area contributed by atoms with Crippen LogP contribution in [0.2, 0.25) is 5.02 Å². The molecule has 7 heteroatoms. The van der Waals surface area contributed by atoms with E-state index in [9.17, 15) is 13.2 Å². The quantitative estimate of drug-likeness (QED) is 0.869. The van der Waals surface area contributed by atoms with Crippen LogP contribution in [-0.4, -0.2) is 26.0 Å². The van der Waals surface area contributed by atoms with Crippen molar-refractivity contribution in [3.05, 3.63) is 28.8 Å². The number of rotatable bonds is 5. The fourth-order valence-electron chi connectivity index (χ4n) is 2.54. The molecule has 116 valence electrons. The highest BCUT2D eigenvalue weighted by Gasteiger charge is 2.22. The average Bonchev–Trinajstić information content (AvgIpc) is 2.46. The smallest absolute Gasteiger partial charge is 0.335 e. The van der Waals surface area contributed by atoms with Gasteiger partial charge in [-0.3, -0.25) is 0 Å². The molecule has 1 aromatic rings. The highest BCUT2D eigenvalue weighted by molar-refractivity contribution is 7.89. The summed E-state index contributed by atoms with van der Waals surface area (Å²) in [4.78, 5) is 10.8. The molecule has 0 aromatic heterocycles. The van der Waals surface area contributed by atoms with Crippen molar-refractivity contribution in [2.75, 3.05) is 6.54 Å². The molecule has 0 saturated heterocycles. The summed E-state index contributed by atoms with van der Waals surface area (Å²) in [5.74, 6) is -0.842. The van der Waals surface area contributed by atoms with Crippen LogP contribution < -0.4 is 4.72 Å². The Morgan fingerprint density at radius 1 is 1.29 bits per heavy atom. The summed E-state index contributed by atoms with van der Waals surface area (Å²) in [6.07, 6.45) is 5.50. The summed E-state index contributed by atoms with van der Waals surface area (Å²) in [5, 5.41) is 8.97. The molecular weight excluding hydrogens is 314 g/mol. The van der Waals surface area contributed by atoms with E-state index in [1.807, 2.05) is 0 Å². The van der Waals surface area contributed by atoms with Crippen molar-refractivity contribution in [1.29, 1.82) is 0 Å². The van der Waals surface area contributed by atoms with Crippen LogP contribution in [0.1, 0.15) is 42.5 Å². The molecule has 0 radical (unpaired) electrons. The number of carbonyl (C=O) groups is 1. The zero-order chi connectivity index (χ0) is 15.5. The van der Waals surface area contributed by atoms with Crippen molar-refractivity contribution >= 4 is 27.6 Å². The van der Waals surface area contributed by atoms with Gasteiger partial charge in [-0.2, -0.15) is 0 Å². The van der Waals surface area contributed by atoms with Crippen LogP contribution in [0.25, 0.3) is 0 Å². The molecule has 1 aliphatic carbocycles. The van der Waals surface area contributed by atoms with Crippen LogP contribution in [0.3, 0.4) is 0 Å². The molecule has 2 rings (SSSR count). The minimum atomic E-state index is -3.79. The SMILES string of the molecule is O=C(O)c1ccc(Cl)c(S(=O)(=O)NCC2CCCCC2)c1. The molecule has 21 heavy (non-hydrogen) atoms. The van der Waals surface area contributed by atoms with E-state index in [-0.39, 0.29) is 15.5 Å². The van der Waals surface area contributed by atoms with E-state index in [4.69, 9.17) is 16.7 Å². The molecule has 0 unspecified atom stereocenters. The molecule has 0 aliphatic heterocycles. The maximum absolute atomic E-state index is 12.3. The van der Waals surface area contributed by atoms with E-state index in [0.29, 0.717) is 12.5 Å². The minimum absolute atomic E-state index is 0.0242. The van der Waals surface area contributed by atoms with Gasteiger partial charge in [-0.25, -0.2) is 17.9 Å². The van der Waals surface area contributed by atoms with Crippen molar-refractivity contribution in [3.8, 4) is 0 Å². The van der Waals surface area contributed by atoms with Gasteiger partial charge in [0.15, 0.2) is 0 Å². The predicted octanol–water partition coefficient (Wildman–Crippen LogP) is 2.90. The first-order valence-electron chi connectivity index (χ1n) is 6.92. The molecule has 0 atom stereocenters. The van der Waals surface area contributed by atoms with Crippen LogP contribution in [0.5, 0.6) is 0 Å². The zero-order valence-corrected chi connectivity index (χ0v) is 13.1. The zero-order valence-electron chi connectivity index (χ0n) is 11.5. The van der Waals surface area contributed by atoms with Crippen LogP contribution in [-0.2, 0) is 10.0 Å². The number of carboxylic acids is 1. The molecule has 0 amide bonds. The van der Waals surface area contributed by atoms with Crippen molar-refractivity contribution in [2.24, 2.45) is 5.92 Å². The van der Waals surface area contributed by atoms with Crippen molar-refractivity contribution < 1.29 is 18.3 Å². The topological polar surface area (TPSA) is 83.5 Å². The Balaban J connectivity index is 2.14. The number of halogens is 1. The first-order chi connectivity index (χ1) is 9.90. The third-order valence-electron chi connectivity index (χ3n) is 3.75. The molecule has 0 heterocycles. The molecular formula is C14H18ClNO4S. The standard InChI is InChI=1S/C14H18ClNO4S/c15-12-7-6-11(14(17)18)8-13(12)21(19,20)16-9-10-4-2-1-3-5-10/h6-8,10,16H,1-5,9H2,(H,17,18). The number of hydrogen-bond donors (Lipinski definition) is 2. The number of hydrogen-bond acceptors (Lipinski definition) is 3. The second-order valence-corrected chi connectivity index (χ2v) is 7.45. The van der Waals surface area contributed by atoms with Crippen LogP contribution in [0.4, 0.5) is 0 Å². The van der Waals surface area contributed by atoms with E-state index < -0.39 is 16.0 Å². The van der Waals surface area contributed by atoms with E-state index in [1.165, 1.54) is 18.6 Å². The summed E-state index contributed by atoms with van der Waals surface area (Å²) in [6, 6.07) is 3.67. The minimum Gasteiger partial charge on any atom is -0.478 e. The summed E-state index contributed by atoms with van der Waals surface area (Å²) in [6.45, 7) is 0.371. The Hall–Kier alpha value is -1.11. The van der Waals surface area contributed by atoms with Crippen molar-refractivity contribution in [3.63, 3.8) is 0 Å². The molecule has 5 nitrogen and oxygen atoms in total. The lowest BCUT2D eigenvalue weighted by molar-refractivity contribution is 0.0696. The number of benzene rings is 1. The fourth-order valence-corrected chi connectivity index (χ4v) is 4.18. The first-order valence-corrected chi connectivity index (χ1v) is 8.79. The highest BCUT2D eigenvalue weighted by Crippen LogP contribution is 2.25. The van der Waals surface area contributed by atoms with Gasteiger partial charge in [-0.15, -0.1) is 0 Å². The van der Waals surface area contributed by atoms with Gasteiger partial charge in [0.25, 0.3) is 0 Å². The second-order valence-electron chi connectivity index (χ2n) is 5.31. The summed E-state index contributed by atoms with van der Waals surface area (Å²) >= 11 is 5.89. The maximum Gasteiger partial charge on any atom is 0.335 e. The van der Waals surface area contributed by atoms with Gasteiger partial charge in [-0.05, 0) is 37.0 Å². The van der Waals surface area contributed by atoms with Gasteiger partial charge >= 0.3 is 5.97 Å². The van der Waals surface area contributed by atoms with Crippen molar-refractivity contribution in [1.82, 2.24) is 4.72 Å². The number of nitrogens with one attached hydrogen (secondary N) is 1. The summed E-state index contributed by atoms with van der Waals surface area (Å²) in [5.41, 5.74) is -0.0996. The summed E-state index contributed by atoms with van der Waals surface area (Å²) in [7, 11) is -3.79. The third kappa shape index (κ3) is 4.18. The number of aromatic carboxylic acids is 1. The Morgan fingerprint density at radius 3 is 2.57 bits per heavy atom. The Kier molecular flexibility index (Phi) is 5.24. The lowest BCUT2D eigenvalue weighted by Crippen LogP contribution is -2.30. The van der Waals surface area contributed by atoms with E-state index in [2.05, 4.69) is 4.72 Å². The Morgan fingerprint density at radius 2 is 1.95 bits per heavy atom. The van der Waals surface area contributed by atoms with E-state index in [0.717, 1.165) is 31.7 Å². The molecule has 1 fully saturated rings. The largest absolute Gasteiger partial charge is 0.478 e. The van der Waals surface area contributed by atoms with Gasteiger partial charge < -0.3 is 5.11 Å². The van der Waals surface area contributed by atoms with E-state index in [1.54, 1.807) is 0 Å². The lowest BCUT2D eigenvalue weighted by atomic mass is 9.90. The number of sulfonamides is 1. The average molecular weight is 332 g/mol. The number of carboxylic acid groups (broad SMARTS) is 1.